The number of carbonyl (C=O) groups is 1. The van der Waals surface area contributed by atoms with E-state index in [1.807, 2.05) is 29.5 Å². The molecule has 0 radical (unpaired) electrons. The molecule has 0 saturated carbocycles. The first kappa shape index (κ1) is 16.5. The molecule has 128 valence electrons. The van der Waals surface area contributed by atoms with E-state index in [0.717, 1.165) is 38.2 Å². The topological polar surface area (TPSA) is 63.1 Å². The Kier molecular flexibility index (Phi) is 5.13. The van der Waals surface area contributed by atoms with Crippen molar-refractivity contribution in [3.05, 3.63) is 48.0 Å². The number of hydrogen-bond acceptors (Lipinski definition) is 3. The third-order valence-corrected chi connectivity index (χ3v) is 4.76. The highest BCUT2D eigenvalue weighted by atomic mass is 16.2. The maximum Gasteiger partial charge on any atom is 0.317 e. The predicted molar refractivity (Wildman–Crippen MR) is 92.6 cm³/mol. The molecule has 1 aliphatic heterocycles. The van der Waals surface area contributed by atoms with Crippen LogP contribution in [-0.2, 0) is 7.05 Å². The molecule has 0 bridgehead atoms. The smallest absolute Gasteiger partial charge is 0.317 e. The quantitative estimate of drug-likeness (QED) is 0.943. The van der Waals surface area contributed by atoms with Crippen LogP contribution >= 0.6 is 0 Å². The van der Waals surface area contributed by atoms with Gasteiger partial charge in [-0.05, 0) is 37.7 Å². The van der Waals surface area contributed by atoms with Crippen molar-refractivity contribution in [2.45, 2.75) is 38.1 Å². The van der Waals surface area contributed by atoms with Gasteiger partial charge in [0, 0.05) is 20.1 Å². The summed E-state index contributed by atoms with van der Waals surface area (Å²) in [5.74, 6) is 1.31. The van der Waals surface area contributed by atoms with Gasteiger partial charge in [-0.1, -0.05) is 30.3 Å². The average molecular weight is 327 g/mol. The highest BCUT2D eigenvalue weighted by molar-refractivity contribution is 5.74. The second-order valence-corrected chi connectivity index (χ2v) is 6.50. The molecule has 6 heteroatoms. The van der Waals surface area contributed by atoms with Gasteiger partial charge in [-0.3, -0.25) is 0 Å². The number of hydrogen-bond donors (Lipinski definition) is 1. The van der Waals surface area contributed by atoms with Gasteiger partial charge in [-0.2, -0.15) is 0 Å². The maximum absolute atomic E-state index is 12.6. The van der Waals surface area contributed by atoms with Gasteiger partial charge < -0.3 is 14.8 Å². The van der Waals surface area contributed by atoms with E-state index in [2.05, 4.69) is 39.8 Å². The summed E-state index contributed by atoms with van der Waals surface area (Å²) in [6.07, 6.45) is 4.82. The molecule has 2 aromatic rings. The second-order valence-electron chi connectivity index (χ2n) is 6.50. The van der Waals surface area contributed by atoms with E-state index >= 15 is 0 Å². The lowest BCUT2D eigenvalue weighted by atomic mass is 9.92. The fraction of sp³-hybridized carbons (Fsp3) is 0.500. The van der Waals surface area contributed by atoms with Gasteiger partial charge in [0.15, 0.2) is 5.82 Å². The number of aryl methyl sites for hydroxylation is 1. The van der Waals surface area contributed by atoms with Gasteiger partial charge in [0.1, 0.15) is 6.33 Å². The van der Waals surface area contributed by atoms with Crippen LogP contribution in [-0.4, -0.2) is 38.8 Å². The Bertz CT molecular complexity index is 669. The third kappa shape index (κ3) is 3.75. The molecule has 1 aromatic heterocycles. The van der Waals surface area contributed by atoms with Gasteiger partial charge >= 0.3 is 6.03 Å². The monoisotopic (exact) mass is 327 g/mol. The zero-order valence-corrected chi connectivity index (χ0v) is 14.4. The minimum atomic E-state index is -0.154. The number of likely N-dealkylation sites (tertiary alicyclic amines) is 1. The molecule has 2 heterocycles. The molecule has 3 rings (SSSR count). The summed E-state index contributed by atoms with van der Waals surface area (Å²) in [5.41, 5.74) is 1.38. The maximum atomic E-state index is 12.6. The first-order valence-electron chi connectivity index (χ1n) is 8.59. The summed E-state index contributed by atoms with van der Waals surface area (Å²) < 4.78 is 1.83. The number of benzene rings is 1. The lowest BCUT2D eigenvalue weighted by molar-refractivity contribution is 0.195. The molecule has 1 N–H and O–H groups in total. The zero-order valence-electron chi connectivity index (χ0n) is 14.4. The van der Waals surface area contributed by atoms with Crippen molar-refractivity contribution >= 4 is 6.03 Å². The van der Waals surface area contributed by atoms with Crippen LogP contribution in [0.2, 0.25) is 0 Å². The number of nitrogens with zero attached hydrogens (tertiary/aromatic N) is 4. The van der Waals surface area contributed by atoms with Crippen molar-refractivity contribution < 1.29 is 4.79 Å². The Balaban J connectivity index is 1.57. The molecule has 2 amide bonds. The molecule has 0 aliphatic carbocycles. The summed E-state index contributed by atoms with van der Waals surface area (Å²) in [6, 6.07) is 10.4. The lowest BCUT2D eigenvalue weighted by Gasteiger charge is -2.23. The number of carbonyl (C=O) groups excluding carboxylic acids is 1. The summed E-state index contributed by atoms with van der Waals surface area (Å²) in [7, 11) is 1.88. The van der Waals surface area contributed by atoms with Crippen LogP contribution in [0.15, 0.2) is 36.7 Å². The van der Waals surface area contributed by atoms with E-state index in [9.17, 15) is 4.79 Å². The van der Waals surface area contributed by atoms with E-state index in [4.69, 9.17) is 0 Å². The minimum absolute atomic E-state index is 0.0146. The molecule has 24 heavy (non-hydrogen) atoms. The average Bonchev–Trinajstić information content (AvgIpc) is 2.87. The van der Waals surface area contributed by atoms with Crippen molar-refractivity contribution in [2.75, 3.05) is 13.1 Å². The van der Waals surface area contributed by atoms with E-state index in [1.165, 1.54) is 5.56 Å². The van der Waals surface area contributed by atoms with E-state index in [-0.39, 0.29) is 12.1 Å². The molecule has 0 unspecified atom stereocenters. The molecule has 1 aliphatic rings. The van der Waals surface area contributed by atoms with Crippen molar-refractivity contribution in [3.8, 4) is 0 Å². The van der Waals surface area contributed by atoms with Gasteiger partial charge in [0.05, 0.1) is 6.04 Å². The van der Waals surface area contributed by atoms with Crippen LogP contribution < -0.4 is 5.32 Å². The summed E-state index contributed by atoms with van der Waals surface area (Å²) >= 11 is 0. The molecule has 2 atom stereocenters. The van der Waals surface area contributed by atoms with Crippen molar-refractivity contribution in [1.82, 2.24) is 25.0 Å². The first-order chi connectivity index (χ1) is 11.6. The first-order valence-corrected chi connectivity index (χ1v) is 8.59. The van der Waals surface area contributed by atoms with Crippen LogP contribution in [0.1, 0.15) is 49.5 Å². The van der Waals surface area contributed by atoms with Crippen LogP contribution in [0.5, 0.6) is 0 Å². The fourth-order valence-electron chi connectivity index (χ4n) is 3.38. The predicted octanol–water partition coefficient (Wildman–Crippen LogP) is 2.86. The van der Waals surface area contributed by atoms with Crippen LogP contribution in [0, 0.1) is 0 Å². The molecule has 0 spiro atoms. The zero-order chi connectivity index (χ0) is 16.9. The van der Waals surface area contributed by atoms with Crippen molar-refractivity contribution in [1.29, 1.82) is 0 Å². The normalized spacial score (nSPS) is 19.6. The Labute approximate surface area is 142 Å². The SMILES string of the molecule is C[C@H](NC(=O)N1CCC[C@H](c2ccccc2)CC1)c1nncn1C. The number of urea groups is 1. The fourth-order valence-corrected chi connectivity index (χ4v) is 3.38. The molecular weight excluding hydrogens is 302 g/mol. The third-order valence-electron chi connectivity index (χ3n) is 4.76. The summed E-state index contributed by atoms with van der Waals surface area (Å²) in [4.78, 5) is 14.5. The van der Waals surface area contributed by atoms with Gasteiger partial charge in [0.25, 0.3) is 0 Å². The van der Waals surface area contributed by atoms with E-state index < -0.39 is 0 Å². The highest BCUT2D eigenvalue weighted by Crippen LogP contribution is 2.27. The van der Waals surface area contributed by atoms with Crippen molar-refractivity contribution in [2.24, 2.45) is 7.05 Å². The number of amides is 2. The summed E-state index contributed by atoms with van der Waals surface area (Å²) in [6.45, 7) is 3.53. The molecule has 1 saturated heterocycles. The lowest BCUT2D eigenvalue weighted by Crippen LogP contribution is -2.42. The Morgan fingerprint density at radius 1 is 1.25 bits per heavy atom. The minimum Gasteiger partial charge on any atom is -0.328 e. The van der Waals surface area contributed by atoms with Gasteiger partial charge in [-0.25, -0.2) is 4.79 Å². The van der Waals surface area contributed by atoms with Gasteiger partial charge in [-0.15, -0.1) is 10.2 Å². The summed E-state index contributed by atoms with van der Waals surface area (Å²) in [5, 5.41) is 11.0. The largest absolute Gasteiger partial charge is 0.328 e. The van der Waals surface area contributed by atoms with Crippen LogP contribution in [0.4, 0.5) is 4.79 Å². The number of aromatic nitrogens is 3. The number of nitrogens with one attached hydrogen (secondary N) is 1. The molecular formula is C18H25N5O. The van der Waals surface area contributed by atoms with E-state index in [1.54, 1.807) is 6.33 Å². The van der Waals surface area contributed by atoms with Crippen molar-refractivity contribution in [3.63, 3.8) is 0 Å². The molecule has 6 nitrogen and oxygen atoms in total. The molecule has 1 fully saturated rings. The highest BCUT2D eigenvalue weighted by Gasteiger charge is 2.23. The van der Waals surface area contributed by atoms with E-state index in [0.29, 0.717) is 5.92 Å². The second kappa shape index (κ2) is 7.47. The van der Waals surface area contributed by atoms with Crippen LogP contribution in [0.25, 0.3) is 0 Å². The number of rotatable bonds is 3. The van der Waals surface area contributed by atoms with Crippen LogP contribution in [0.3, 0.4) is 0 Å². The standard InChI is InChI=1S/C18H25N5O/c1-14(17-21-19-13-22(17)2)20-18(24)23-11-6-9-16(10-12-23)15-7-4-3-5-8-15/h3-5,7-8,13-14,16H,6,9-12H2,1-2H3,(H,20,24)/t14-,16-/m0/s1. The van der Waals surface area contributed by atoms with Gasteiger partial charge in [0.2, 0.25) is 0 Å². The Hall–Kier alpha value is -2.37. The Morgan fingerprint density at radius 3 is 2.75 bits per heavy atom. The molecule has 1 aromatic carbocycles. The Morgan fingerprint density at radius 2 is 2.04 bits per heavy atom.